The maximum absolute atomic E-state index is 12.4. The molecule has 29 heavy (non-hydrogen) atoms. The van der Waals surface area contributed by atoms with Crippen molar-refractivity contribution in [3.63, 3.8) is 0 Å². The predicted molar refractivity (Wildman–Crippen MR) is 113 cm³/mol. The van der Waals surface area contributed by atoms with Gasteiger partial charge in [-0.2, -0.15) is 5.10 Å². The van der Waals surface area contributed by atoms with Gasteiger partial charge in [0.2, 0.25) is 0 Å². The van der Waals surface area contributed by atoms with Crippen molar-refractivity contribution < 1.29 is 14.3 Å². The van der Waals surface area contributed by atoms with E-state index >= 15 is 0 Å². The lowest BCUT2D eigenvalue weighted by Crippen LogP contribution is -2.30. The average Bonchev–Trinajstić information content (AvgIpc) is 3.03. The Kier molecular flexibility index (Phi) is 6.25. The highest BCUT2D eigenvalue weighted by molar-refractivity contribution is 6.44. The summed E-state index contributed by atoms with van der Waals surface area (Å²) in [5.41, 5.74) is 3.40. The minimum Gasteiger partial charge on any atom is -0.449 e. The predicted octanol–water partition coefficient (Wildman–Crippen LogP) is 4.98. The van der Waals surface area contributed by atoms with E-state index < -0.39 is 18.0 Å². The van der Waals surface area contributed by atoms with Crippen LogP contribution in [0.2, 0.25) is 10.0 Å². The van der Waals surface area contributed by atoms with Gasteiger partial charge in [0.15, 0.2) is 6.10 Å². The van der Waals surface area contributed by atoms with Crippen LogP contribution in [0.5, 0.6) is 0 Å². The van der Waals surface area contributed by atoms with Crippen molar-refractivity contribution in [2.75, 3.05) is 5.32 Å². The smallest absolute Gasteiger partial charge is 0.338 e. The molecular formula is C21H19Cl2N3O3. The summed E-state index contributed by atoms with van der Waals surface area (Å²) in [7, 11) is 0. The van der Waals surface area contributed by atoms with Crippen molar-refractivity contribution in [3.05, 3.63) is 75.5 Å². The van der Waals surface area contributed by atoms with Gasteiger partial charge in [0.25, 0.3) is 5.91 Å². The van der Waals surface area contributed by atoms with E-state index in [1.807, 2.05) is 19.9 Å². The largest absolute Gasteiger partial charge is 0.449 e. The number of ether oxygens (including phenoxy) is 1. The summed E-state index contributed by atoms with van der Waals surface area (Å²) < 4.78 is 7.05. The number of carbonyl (C=O) groups excluding carboxylic acids is 2. The lowest BCUT2D eigenvalue weighted by Gasteiger charge is -2.15. The van der Waals surface area contributed by atoms with Crippen LogP contribution in [0.3, 0.4) is 0 Å². The number of aromatic nitrogens is 2. The van der Waals surface area contributed by atoms with Gasteiger partial charge in [0.1, 0.15) is 0 Å². The Morgan fingerprint density at radius 3 is 2.41 bits per heavy atom. The Hall–Kier alpha value is -2.83. The fraction of sp³-hybridized carbons (Fsp3) is 0.190. The van der Waals surface area contributed by atoms with E-state index in [4.69, 9.17) is 27.9 Å². The highest BCUT2D eigenvalue weighted by Crippen LogP contribution is 2.29. The van der Waals surface area contributed by atoms with Gasteiger partial charge in [-0.25, -0.2) is 9.48 Å². The number of halogens is 2. The van der Waals surface area contributed by atoms with Crippen LogP contribution in [-0.2, 0) is 9.53 Å². The molecule has 2 aromatic carbocycles. The molecule has 8 heteroatoms. The summed E-state index contributed by atoms with van der Waals surface area (Å²) in [5, 5.41) is 7.55. The van der Waals surface area contributed by atoms with Gasteiger partial charge in [0, 0.05) is 5.69 Å². The number of hydrogen-bond acceptors (Lipinski definition) is 4. The summed E-state index contributed by atoms with van der Waals surface area (Å²) in [6, 6.07) is 13.6. The number of nitrogens with zero attached hydrogens (tertiary/aromatic N) is 2. The molecule has 1 unspecified atom stereocenters. The van der Waals surface area contributed by atoms with Crippen molar-refractivity contribution >= 4 is 40.8 Å². The lowest BCUT2D eigenvalue weighted by molar-refractivity contribution is -0.123. The van der Waals surface area contributed by atoms with E-state index in [-0.39, 0.29) is 5.02 Å². The van der Waals surface area contributed by atoms with Gasteiger partial charge < -0.3 is 10.1 Å². The second kappa shape index (κ2) is 8.68. The molecule has 0 spiro atoms. The fourth-order valence-electron chi connectivity index (χ4n) is 2.75. The van der Waals surface area contributed by atoms with Gasteiger partial charge in [0.05, 0.1) is 32.7 Å². The van der Waals surface area contributed by atoms with Crippen LogP contribution < -0.4 is 5.32 Å². The number of carbonyl (C=O) groups is 2. The van der Waals surface area contributed by atoms with Crippen LogP contribution in [0.4, 0.5) is 5.69 Å². The van der Waals surface area contributed by atoms with E-state index in [1.165, 1.54) is 6.92 Å². The van der Waals surface area contributed by atoms with Gasteiger partial charge >= 0.3 is 5.97 Å². The van der Waals surface area contributed by atoms with E-state index in [9.17, 15) is 9.59 Å². The minimum atomic E-state index is -1.02. The maximum Gasteiger partial charge on any atom is 0.338 e. The Labute approximate surface area is 178 Å². The Balaban J connectivity index is 1.65. The second-order valence-electron chi connectivity index (χ2n) is 6.52. The first-order valence-electron chi connectivity index (χ1n) is 8.86. The van der Waals surface area contributed by atoms with Gasteiger partial charge in [-0.05, 0) is 63.2 Å². The number of esters is 1. The first-order chi connectivity index (χ1) is 13.8. The number of hydrogen-bond donors (Lipinski definition) is 1. The number of rotatable bonds is 5. The number of anilines is 1. The highest BCUT2D eigenvalue weighted by Gasteiger charge is 2.20. The van der Waals surface area contributed by atoms with Gasteiger partial charge in [-0.3, -0.25) is 4.79 Å². The molecule has 3 rings (SSSR count). The van der Waals surface area contributed by atoms with E-state index in [1.54, 1.807) is 47.1 Å². The Morgan fingerprint density at radius 2 is 1.79 bits per heavy atom. The Bertz CT molecular complexity index is 1060. The molecule has 1 N–H and O–H groups in total. The summed E-state index contributed by atoms with van der Waals surface area (Å²) >= 11 is 12.0. The number of amides is 1. The molecular weight excluding hydrogens is 413 g/mol. The third kappa shape index (κ3) is 4.78. The summed E-state index contributed by atoms with van der Waals surface area (Å²) in [5.74, 6) is -1.12. The molecule has 6 nitrogen and oxygen atoms in total. The van der Waals surface area contributed by atoms with Crippen LogP contribution in [0.1, 0.15) is 28.7 Å². The first-order valence-corrected chi connectivity index (χ1v) is 9.61. The third-order valence-corrected chi connectivity index (χ3v) is 5.04. The van der Waals surface area contributed by atoms with Crippen LogP contribution in [0.25, 0.3) is 5.69 Å². The fourth-order valence-corrected chi connectivity index (χ4v) is 3.09. The molecule has 0 aliphatic heterocycles. The zero-order valence-corrected chi connectivity index (χ0v) is 17.6. The van der Waals surface area contributed by atoms with Crippen LogP contribution in [-0.4, -0.2) is 27.8 Å². The Morgan fingerprint density at radius 1 is 1.10 bits per heavy atom. The molecule has 0 saturated carbocycles. The van der Waals surface area contributed by atoms with Crippen molar-refractivity contribution in [1.29, 1.82) is 0 Å². The number of benzene rings is 2. The summed E-state index contributed by atoms with van der Waals surface area (Å²) in [4.78, 5) is 24.7. The zero-order chi connectivity index (χ0) is 21.1. The third-order valence-electron chi connectivity index (χ3n) is 4.22. The van der Waals surface area contributed by atoms with Crippen molar-refractivity contribution in [2.24, 2.45) is 0 Å². The molecule has 0 radical (unpaired) electrons. The molecule has 1 atom stereocenters. The van der Waals surface area contributed by atoms with Gasteiger partial charge in [-0.1, -0.05) is 29.3 Å². The second-order valence-corrected chi connectivity index (χ2v) is 7.31. The molecule has 1 aromatic heterocycles. The van der Waals surface area contributed by atoms with Crippen molar-refractivity contribution in [1.82, 2.24) is 9.78 Å². The average molecular weight is 432 g/mol. The molecule has 3 aromatic rings. The molecule has 0 bridgehead atoms. The van der Waals surface area contributed by atoms with Crippen molar-refractivity contribution in [2.45, 2.75) is 26.9 Å². The monoisotopic (exact) mass is 431 g/mol. The molecule has 0 saturated heterocycles. The van der Waals surface area contributed by atoms with E-state index in [0.29, 0.717) is 16.3 Å². The molecule has 0 fully saturated rings. The molecule has 1 heterocycles. The topological polar surface area (TPSA) is 73.2 Å². The minimum absolute atomic E-state index is 0.223. The summed E-state index contributed by atoms with van der Waals surface area (Å²) in [6.07, 6.45) is -1.02. The zero-order valence-electron chi connectivity index (χ0n) is 16.1. The summed E-state index contributed by atoms with van der Waals surface area (Å²) in [6.45, 7) is 5.35. The number of nitrogens with one attached hydrogen (secondary N) is 1. The van der Waals surface area contributed by atoms with E-state index in [2.05, 4.69) is 10.4 Å². The lowest BCUT2D eigenvalue weighted by atomic mass is 10.2. The van der Waals surface area contributed by atoms with Crippen LogP contribution >= 0.6 is 23.2 Å². The standard InChI is InChI=1S/C21H19Cl2N3O3/c1-12-11-13(2)26(25-12)16-9-7-15(8-10-16)21(28)29-14(3)20(27)24-18-6-4-5-17(22)19(18)23/h4-11,14H,1-3H3,(H,24,27). The molecule has 1 amide bonds. The van der Waals surface area contributed by atoms with Crippen LogP contribution in [0.15, 0.2) is 48.5 Å². The van der Waals surface area contributed by atoms with Crippen molar-refractivity contribution in [3.8, 4) is 5.69 Å². The number of aryl methyl sites for hydroxylation is 2. The van der Waals surface area contributed by atoms with Gasteiger partial charge in [-0.15, -0.1) is 0 Å². The van der Waals surface area contributed by atoms with Crippen LogP contribution in [0, 0.1) is 13.8 Å². The normalized spacial score (nSPS) is 11.8. The molecule has 0 aliphatic carbocycles. The SMILES string of the molecule is Cc1cc(C)n(-c2ccc(C(=O)OC(C)C(=O)Nc3cccc(Cl)c3Cl)cc2)n1. The maximum atomic E-state index is 12.4. The molecule has 0 aliphatic rings. The highest BCUT2D eigenvalue weighted by atomic mass is 35.5. The quantitative estimate of drug-likeness (QED) is 0.578. The molecule has 150 valence electrons. The van der Waals surface area contributed by atoms with E-state index in [0.717, 1.165) is 17.1 Å². The first kappa shape index (κ1) is 20.9.